The zero-order valence-electron chi connectivity index (χ0n) is 20.5. The fourth-order valence-electron chi connectivity index (χ4n) is 3.59. The minimum Gasteiger partial charge on any atom is -0.505 e. The summed E-state index contributed by atoms with van der Waals surface area (Å²) >= 11 is 0. The molecule has 0 amide bonds. The number of anilines is 1. The van der Waals surface area contributed by atoms with E-state index in [-0.39, 0.29) is 33.4 Å². The van der Waals surface area contributed by atoms with Gasteiger partial charge in [0.25, 0.3) is 0 Å². The molecule has 0 saturated heterocycles. The smallest absolute Gasteiger partial charge is 0.397 e. The highest BCUT2D eigenvalue weighted by Crippen LogP contribution is 2.42. The van der Waals surface area contributed by atoms with Crippen molar-refractivity contribution in [2.45, 2.75) is 11.8 Å². The molecule has 0 bridgehead atoms. The Hall–Kier alpha value is -4.24. The van der Waals surface area contributed by atoms with Crippen molar-refractivity contribution in [3.63, 3.8) is 0 Å². The number of nitrogens with zero attached hydrogens (tertiary/aromatic N) is 4. The summed E-state index contributed by atoms with van der Waals surface area (Å²) in [5.74, 6) is -0.812. The van der Waals surface area contributed by atoms with Gasteiger partial charge in [-0.2, -0.15) is 18.6 Å². The standard InChI is InChI=1S/C25H23N5O7S2/c1-16-4-2-5-17(14-16)27-29-23-11-9-20-21(25(23)31)8-10-22(26)24(20)30-28-18-6-3-7-19(15-18)38(32,33)13-12-37-39(34,35)36/h2-11,14-15,31H,12-13,26H2,1H3,(H,34,35,36). The molecule has 4 rings (SSSR count). The number of rotatable bonds is 9. The minimum absolute atomic E-state index is 0.124. The van der Waals surface area contributed by atoms with Gasteiger partial charge in [-0.25, -0.2) is 12.6 Å². The molecule has 39 heavy (non-hydrogen) atoms. The van der Waals surface area contributed by atoms with Crippen LogP contribution in [0, 0.1) is 6.92 Å². The maximum Gasteiger partial charge on any atom is 0.397 e. The van der Waals surface area contributed by atoms with Crippen molar-refractivity contribution in [3.05, 3.63) is 78.4 Å². The van der Waals surface area contributed by atoms with Gasteiger partial charge in [-0.15, -0.1) is 10.2 Å². The lowest BCUT2D eigenvalue weighted by atomic mass is 10.1. The normalized spacial score (nSPS) is 12.6. The van der Waals surface area contributed by atoms with Gasteiger partial charge >= 0.3 is 10.4 Å². The molecule has 0 atom stereocenters. The molecule has 12 nitrogen and oxygen atoms in total. The highest BCUT2D eigenvalue weighted by atomic mass is 32.3. The number of benzene rings is 4. The number of hydrogen-bond acceptors (Lipinski definition) is 11. The Bertz CT molecular complexity index is 1820. The molecule has 0 aliphatic rings. The summed E-state index contributed by atoms with van der Waals surface area (Å²) in [6.07, 6.45) is 0. The molecule has 0 fully saturated rings. The second-order valence-corrected chi connectivity index (χ2v) is 11.5. The third-order valence-electron chi connectivity index (χ3n) is 5.46. The second-order valence-electron chi connectivity index (χ2n) is 8.34. The largest absolute Gasteiger partial charge is 0.505 e. The Morgan fingerprint density at radius 2 is 1.49 bits per heavy atom. The predicted octanol–water partition coefficient (Wildman–Crippen LogP) is 5.86. The van der Waals surface area contributed by atoms with E-state index < -0.39 is 32.6 Å². The maximum absolute atomic E-state index is 12.5. The van der Waals surface area contributed by atoms with Crippen LogP contribution in [0.5, 0.6) is 5.75 Å². The van der Waals surface area contributed by atoms with Crippen LogP contribution in [0.15, 0.2) is 98.1 Å². The van der Waals surface area contributed by atoms with E-state index in [4.69, 9.17) is 10.3 Å². The first-order valence-corrected chi connectivity index (χ1v) is 14.3. The molecule has 0 radical (unpaired) electrons. The first-order valence-electron chi connectivity index (χ1n) is 11.3. The molecule has 0 aromatic heterocycles. The summed E-state index contributed by atoms with van der Waals surface area (Å²) in [5.41, 5.74) is 8.72. The van der Waals surface area contributed by atoms with Gasteiger partial charge in [-0.05, 0) is 67.1 Å². The highest BCUT2D eigenvalue weighted by Gasteiger charge is 2.17. The van der Waals surface area contributed by atoms with E-state index in [1.807, 2.05) is 25.1 Å². The highest BCUT2D eigenvalue weighted by molar-refractivity contribution is 7.91. The molecule has 14 heteroatoms. The Balaban J connectivity index is 1.62. The van der Waals surface area contributed by atoms with E-state index in [2.05, 4.69) is 24.6 Å². The monoisotopic (exact) mass is 569 g/mol. The lowest BCUT2D eigenvalue weighted by Gasteiger charge is -2.08. The van der Waals surface area contributed by atoms with Crippen LogP contribution < -0.4 is 5.73 Å². The van der Waals surface area contributed by atoms with Crippen molar-refractivity contribution in [2.24, 2.45) is 20.5 Å². The third kappa shape index (κ3) is 7.00. The van der Waals surface area contributed by atoms with Gasteiger partial charge in [0, 0.05) is 10.8 Å². The first kappa shape index (κ1) is 27.8. The third-order valence-corrected chi connectivity index (χ3v) is 7.60. The molecular formula is C25H23N5O7S2. The molecule has 0 aliphatic heterocycles. The Morgan fingerprint density at radius 3 is 2.21 bits per heavy atom. The van der Waals surface area contributed by atoms with E-state index >= 15 is 0 Å². The van der Waals surface area contributed by atoms with Gasteiger partial charge in [0.1, 0.15) is 11.4 Å². The summed E-state index contributed by atoms with van der Waals surface area (Å²) in [5, 5.41) is 28.4. The second kappa shape index (κ2) is 11.2. The number of phenolic OH excluding ortho intramolecular Hbond substituents is 1. The van der Waals surface area contributed by atoms with Gasteiger partial charge in [-0.3, -0.25) is 4.55 Å². The molecule has 0 unspecified atom stereocenters. The zero-order chi connectivity index (χ0) is 28.2. The fourth-order valence-corrected chi connectivity index (χ4v) is 5.11. The zero-order valence-corrected chi connectivity index (χ0v) is 22.1. The van der Waals surface area contributed by atoms with Crippen LogP contribution in [0.3, 0.4) is 0 Å². The number of phenols is 1. The number of nitrogen functional groups attached to an aromatic ring is 1. The Labute approximate surface area is 224 Å². The predicted molar refractivity (Wildman–Crippen MR) is 146 cm³/mol. The van der Waals surface area contributed by atoms with Gasteiger partial charge < -0.3 is 10.8 Å². The van der Waals surface area contributed by atoms with Crippen molar-refractivity contribution in [1.29, 1.82) is 0 Å². The number of sulfone groups is 1. The van der Waals surface area contributed by atoms with Crippen molar-refractivity contribution in [2.75, 3.05) is 18.1 Å². The number of azo groups is 2. The summed E-state index contributed by atoms with van der Waals surface area (Å²) in [6, 6.07) is 19.3. The molecular weight excluding hydrogens is 546 g/mol. The number of aryl methyl sites for hydroxylation is 1. The molecule has 4 N–H and O–H groups in total. The van der Waals surface area contributed by atoms with Gasteiger partial charge in [0.05, 0.1) is 34.3 Å². The molecule has 0 heterocycles. The van der Waals surface area contributed by atoms with Crippen molar-refractivity contribution < 1.29 is 30.7 Å². The molecule has 4 aromatic rings. The molecule has 4 aromatic carbocycles. The van der Waals surface area contributed by atoms with Gasteiger partial charge in [0.15, 0.2) is 15.6 Å². The molecule has 0 spiro atoms. The van der Waals surface area contributed by atoms with Crippen molar-refractivity contribution in [1.82, 2.24) is 0 Å². The van der Waals surface area contributed by atoms with E-state index in [0.29, 0.717) is 16.5 Å². The topological polar surface area (TPSA) is 193 Å². The van der Waals surface area contributed by atoms with Crippen LogP contribution in [-0.2, 0) is 24.4 Å². The van der Waals surface area contributed by atoms with E-state index in [1.165, 1.54) is 24.3 Å². The first-order chi connectivity index (χ1) is 18.4. The summed E-state index contributed by atoms with van der Waals surface area (Å²) in [7, 11) is -8.71. The SMILES string of the molecule is Cc1cccc(N=Nc2ccc3c(N=Nc4cccc(S(=O)(=O)CCOS(=O)(=O)O)c4)c(N)ccc3c2O)c1. The van der Waals surface area contributed by atoms with E-state index in [0.717, 1.165) is 5.56 Å². The Kier molecular flexibility index (Phi) is 8.01. The van der Waals surface area contributed by atoms with Crippen LogP contribution in [0.4, 0.5) is 28.4 Å². The maximum atomic E-state index is 12.5. The summed E-state index contributed by atoms with van der Waals surface area (Å²) in [6.45, 7) is 1.18. The fraction of sp³-hybridized carbons (Fsp3) is 0.120. The van der Waals surface area contributed by atoms with E-state index in [1.54, 1.807) is 30.3 Å². The minimum atomic E-state index is -4.76. The van der Waals surface area contributed by atoms with Crippen LogP contribution in [0.25, 0.3) is 10.8 Å². The lowest BCUT2D eigenvalue weighted by molar-refractivity contribution is 0.284. The average molecular weight is 570 g/mol. The summed E-state index contributed by atoms with van der Waals surface area (Å²) < 4.78 is 59.1. The lowest BCUT2D eigenvalue weighted by Crippen LogP contribution is -2.15. The number of nitrogens with two attached hydrogens (primary N) is 1. The quantitative estimate of drug-likeness (QED) is 0.127. The number of aromatic hydroxyl groups is 1. The van der Waals surface area contributed by atoms with Crippen LogP contribution in [-0.4, -0.2) is 38.9 Å². The number of fused-ring (bicyclic) bond motifs is 1. The number of hydrogen-bond donors (Lipinski definition) is 3. The summed E-state index contributed by atoms with van der Waals surface area (Å²) in [4.78, 5) is -0.148. The van der Waals surface area contributed by atoms with Crippen LogP contribution >= 0.6 is 0 Å². The van der Waals surface area contributed by atoms with Gasteiger partial charge in [-0.1, -0.05) is 18.2 Å². The molecule has 0 aliphatic carbocycles. The van der Waals surface area contributed by atoms with Crippen molar-refractivity contribution >= 4 is 59.4 Å². The average Bonchev–Trinajstić information content (AvgIpc) is 2.87. The Morgan fingerprint density at radius 1 is 0.821 bits per heavy atom. The van der Waals surface area contributed by atoms with Crippen LogP contribution in [0.1, 0.15) is 5.56 Å². The van der Waals surface area contributed by atoms with E-state index in [9.17, 15) is 21.9 Å². The molecule has 202 valence electrons. The van der Waals surface area contributed by atoms with Gasteiger partial charge in [0.2, 0.25) is 0 Å². The van der Waals surface area contributed by atoms with Crippen LogP contribution in [0.2, 0.25) is 0 Å². The van der Waals surface area contributed by atoms with Crippen molar-refractivity contribution in [3.8, 4) is 5.75 Å². The molecule has 0 saturated carbocycles.